The van der Waals surface area contributed by atoms with Crippen LogP contribution in [0.1, 0.15) is 12.0 Å². The minimum atomic E-state index is -0.923. The van der Waals surface area contributed by atoms with Gasteiger partial charge in [0.15, 0.2) is 5.13 Å². The van der Waals surface area contributed by atoms with Crippen LogP contribution in [-0.2, 0) is 9.59 Å². The molecule has 1 amide bonds. The van der Waals surface area contributed by atoms with Gasteiger partial charge in [-0.15, -0.1) is 0 Å². The van der Waals surface area contributed by atoms with Crippen molar-refractivity contribution in [3.63, 3.8) is 0 Å². The number of benzene rings is 1. The number of carboxylic acid groups (broad SMARTS) is 1. The van der Waals surface area contributed by atoms with Gasteiger partial charge in [0.1, 0.15) is 0 Å². The number of rotatable bonds is 2. The number of nitrogens with zero attached hydrogens (tertiary/aromatic N) is 2. The highest BCUT2D eigenvalue weighted by Gasteiger charge is 2.36. The van der Waals surface area contributed by atoms with Gasteiger partial charge in [-0.05, 0) is 24.6 Å². The number of aromatic nitrogens is 1. The van der Waals surface area contributed by atoms with Gasteiger partial charge in [-0.25, -0.2) is 4.98 Å². The van der Waals surface area contributed by atoms with Crippen LogP contribution in [0.25, 0.3) is 10.2 Å². The number of thiazole rings is 1. The maximum Gasteiger partial charge on any atom is 0.308 e. The SMILES string of the molecule is Cc1ccc2nc(N3C[C@@H](C(=O)O)CC3=O)sc2c1. The lowest BCUT2D eigenvalue weighted by Crippen LogP contribution is -2.25. The van der Waals surface area contributed by atoms with Gasteiger partial charge in [0.05, 0.1) is 16.1 Å². The van der Waals surface area contributed by atoms with Crippen molar-refractivity contribution in [3.8, 4) is 0 Å². The van der Waals surface area contributed by atoms with Crippen molar-refractivity contribution >= 4 is 38.6 Å². The van der Waals surface area contributed by atoms with E-state index in [1.54, 1.807) is 0 Å². The molecule has 0 spiro atoms. The molecule has 1 atom stereocenters. The Balaban J connectivity index is 1.96. The average molecular weight is 276 g/mol. The molecule has 1 aliphatic rings. The molecule has 1 saturated heterocycles. The molecule has 1 aromatic carbocycles. The van der Waals surface area contributed by atoms with Crippen LogP contribution < -0.4 is 4.90 Å². The van der Waals surface area contributed by atoms with Gasteiger partial charge < -0.3 is 5.11 Å². The number of hydrogen-bond donors (Lipinski definition) is 1. The molecule has 0 radical (unpaired) electrons. The number of anilines is 1. The highest BCUT2D eigenvalue weighted by molar-refractivity contribution is 7.22. The zero-order valence-corrected chi connectivity index (χ0v) is 11.1. The normalized spacial score (nSPS) is 19.3. The van der Waals surface area contributed by atoms with E-state index in [-0.39, 0.29) is 18.9 Å². The Morgan fingerprint density at radius 1 is 1.53 bits per heavy atom. The number of amides is 1. The molecule has 0 unspecified atom stereocenters. The number of aryl methyl sites for hydroxylation is 1. The van der Waals surface area contributed by atoms with E-state index in [1.807, 2.05) is 25.1 Å². The van der Waals surface area contributed by atoms with Crippen LogP contribution >= 0.6 is 11.3 Å². The molecule has 19 heavy (non-hydrogen) atoms. The van der Waals surface area contributed by atoms with Crippen LogP contribution in [0.4, 0.5) is 5.13 Å². The second-order valence-corrected chi connectivity index (χ2v) is 5.72. The summed E-state index contributed by atoms with van der Waals surface area (Å²) in [4.78, 5) is 28.7. The molecule has 0 bridgehead atoms. The Morgan fingerprint density at radius 2 is 2.32 bits per heavy atom. The Bertz CT molecular complexity index is 680. The monoisotopic (exact) mass is 276 g/mol. The molecule has 1 fully saturated rings. The summed E-state index contributed by atoms with van der Waals surface area (Å²) in [5.74, 6) is -1.71. The number of aliphatic carboxylic acids is 1. The van der Waals surface area contributed by atoms with E-state index in [1.165, 1.54) is 16.2 Å². The van der Waals surface area contributed by atoms with Crippen LogP contribution in [0, 0.1) is 12.8 Å². The Kier molecular flexibility index (Phi) is 2.74. The molecule has 1 aliphatic heterocycles. The fourth-order valence-electron chi connectivity index (χ4n) is 2.19. The average Bonchev–Trinajstić information content (AvgIpc) is 2.91. The van der Waals surface area contributed by atoms with Crippen LogP contribution in [0.3, 0.4) is 0 Å². The largest absolute Gasteiger partial charge is 0.481 e. The van der Waals surface area contributed by atoms with Crippen LogP contribution in [0.15, 0.2) is 18.2 Å². The highest BCUT2D eigenvalue weighted by atomic mass is 32.1. The molecular weight excluding hydrogens is 264 g/mol. The number of carboxylic acids is 1. The fraction of sp³-hybridized carbons (Fsp3) is 0.308. The van der Waals surface area contributed by atoms with Crippen molar-refractivity contribution in [2.45, 2.75) is 13.3 Å². The first kappa shape index (κ1) is 12.1. The molecule has 2 aromatic rings. The van der Waals surface area contributed by atoms with Crippen molar-refractivity contribution < 1.29 is 14.7 Å². The first-order valence-electron chi connectivity index (χ1n) is 5.95. The topological polar surface area (TPSA) is 70.5 Å². The number of carbonyl (C=O) groups excluding carboxylic acids is 1. The lowest BCUT2D eigenvalue weighted by atomic mass is 10.1. The molecule has 0 saturated carbocycles. The van der Waals surface area contributed by atoms with Gasteiger partial charge in [0, 0.05) is 13.0 Å². The highest BCUT2D eigenvalue weighted by Crippen LogP contribution is 2.33. The van der Waals surface area contributed by atoms with Crippen molar-refractivity contribution in [2.24, 2.45) is 5.92 Å². The van der Waals surface area contributed by atoms with Crippen molar-refractivity contribution in [3.05, 3.63) is 23.8 Å². The molecule has 3 rings (SSSR count). The van der Waals surface area contributed by atoms with Crippen LogP contribution in [-0.4, -0.2) is 28.5 Å². The lowest BCUT2D eigenvalue weighted by Gasteiger charge is -2.10. The Morgan fingerprint density at radius 3 is 3.00 bits per heavy atom. The minimum Gasteiger partial charge on any atom is -0.481 e. The zero-order valence-electron chi connectivity index (χ0n) is 10.3. The van der Waals surface area contributed by atoms with Gasteiger partial charge in [-0.3, -0.25) is 14.5 Å². The second-order valence-electron chi connectivity index (χ2n) is 4.71. The van der Waals surface area contributed by atoms with E-state index in [4.69, 9.17) is 5.11 Å². The summed E-state index contributed by atoms with van der Waals surface area (Å²) >= 11 is 1.43. The molecule has 2 heterocycles. The first-order chi connectivity index (χ1) is 9.04. The van der Waals surface area contributed by atoms with E-state index < -0.39 is 11.9 Å². The molecule has 1 aromatic heterocycles. The van der Waals surface area contributed by atoms with Gasteiger partial charge in [-0.1, -0.05) is 17.4 Å². The molecule has 98 valence electrons. The summed E-state index contributed by atoms with van der Waals surface area (Å²) in [6.45, 7) is 2.22. The van der Waals surface area contributed by atoms with E-state index in [0.29, 0.717) is 5.13 Å². The lowest BCUT2D eigenvalue weighted by molar-refractivity contribution is -0.141. The molecule has 5 nitrogen and oxygen atoms in total. The second kappa shape index (κ2) is 4.31. The quantitative estimate of drug-likeness (QED) is 0.911. The number of fused-ring (bicyclic) bond motifs is 1. The predicted molar refractivity (Wildman–Crippen MR) is 72.5 cm³/mol. The minimum absolute atomic E-state index is 0.0598. The molecular formula is C13H12N2O3S. The first-order valence-corrected chi connectivity index (χ1v) is 6.76. The Labute approximate surface area is 113 Å². The van der Waals surface area contributed by atoms with E-state index in [0.717, 1.165) is 15.8 Å². The van der Waals surface area contributed by atoms with Gasteiger partial charge in [0.2, 0.25) is 5.91 Å². The molecule has 0 aliphatic carbocycles. The van der Waals surface area contributed by atoms with Gasteiger partial charge in [0.25, 0.3) is 0 Å². The third-order valence-corrected chi connectivity index (χ3v) is 4.28. The predicted octanol–water partition coefficient (Wildman–Crippen LogP) is 2.04. The van der Waals surface area contributed by atoms with Gasteiger partial charge in [-0.2, -0.15) is 0 Å². The van der Waals surface area contributed by atoms with Crippen molar-refractivity contribution in [1.82, 2.24) is 4.98 Å². The third-order valence-electron chi connectivity index (χ3n) is 3.24. The summed E-state index contributed by atoms with van der Waals surface area (Å²) in [7, 11) is 0. The van der Waals surface area contributed by atoms with E-state index >= 15 is 0 Å². The summed E-state index contributed by atoms with van der Waals surface area (Å²) in [5.41, 5.74) is 1.98. The molecule has 1 N–H and O–H groups in total. The zero-order chi connectivity index (χ0) is 13.6. The standard InChI is InChI=1S/C13H12N2O3S/c1-7-2-3-9-10(4-7)19-13(14-9)15-6-8(12(17)18)5-11(15)16/h2-4,8H,5-6H2,1H3,(H,17,18)/t8-/m0/s1. The maximum atomic E-state index is 11.9. The number of hydrogen-bond acceptors (Lipinski definition) is 4. The smallest absolute Gasteiger partial charge is 0.308 e. The number of carbonyl (C=O) groups is 2. The van der Waals surface area contributed by atoms with Crippen LogP contribution in [0.5, 0.6) is 0 Å². The Hall–Kier alpha value is -1.95. The molecule has 6 heteroatoms. The summed E-state index contributed by atoms with van der Waals surface area (Å²) in [5, 5.41) is 9.57. The summed E-state index contributed by atoms with van der Waals surface area (Å²) in [6, 6.07) is 5.91. The van der Waals surface area contributed by atoms with E-state index in [2.05, 4.69) is 4.98 Å². The third kappa shape index (κ3) is 2.08. The summed E-state index contributed by atoms with van der Waals surface area (Å²) in [6.07, 6.45) is 0.0598. The fourth-order valence-corrected chi connectivity index (χ4v) is 3.28. The van der Waals surface area contributed by atoms with Gasteiger partial charge >= 0.3 is 5.97 Å². The van der Waals surface area contributed by atoms with Crippen molar-refractivity contribution in [1.29, 1.82) is 0 Å². The van der Waals surface area contributed by atoms with Crippen molar-refractivity contribution in [2.75, 3.05) is 11.4 Å². The van der Waals surface area contributed by atoms with Crippen LogP contribution in [0.2, 0.25) is 0 Å². The van der Waals surface area contributed by atoms with E-state index in [9.17, 15) is 9.59 Å². The summed E-state index contributed by atoms with van der Waals surface area (Å²) < 4.78 is 1.02. The maximum absolute atomic E-state index is 11.9.